The highest BCUT2D eigenvalue weighted by Gasteiger charge is 2.12. The second-order valence-corrected chi connectivity index (χ2v) is 6.34. The third-order valence-electron chi connectivity index (χ3n) is 3.67. The highest BCUT2D eigenvalue weighted by molar-refractivity contribution is 7.99. The smallest absolute Gasteiger partial charge is 0.251 e. The first kappa shape index (κ1) is 16.6. The highest BCUT2D eigenvalue weighted by Crippen LogP contribution is 2.19. The molecule has 0 spiro atoms. The number of carbonyl (C=O) groups excluding carboxylic acids is 1. The van der Waals surface area contributed by atoms with Gasteiger partial charge < -0.3 is 20.2 Å². The number of aromatic nitrogens is 1. The minimum absolute atomic E-state index is 0.136. The number of rotatable bonds is 5. The van der Waals surface area contributed by atoms with E-state index in [4.69, 9.17) is 4.74 Å². The van der Waals surface area contributed by atoms with Crippen molar-refractivity contribution in [3.63, 3.8) is 0 Å². The second kappa shape index (κ2) is 8.03. The van der Waals surface area contributed by atoms with Gasteiger partial charge in [0.1, 0.15) is 0 Å². The molecule has 7 heteroatoms. The number of hydrogen-bond donors (Lipinski definition) is 1. The van der Waals surface area contributed by atoms with E-state index >= 15 is 0 Å². The Morgan fingerprint density at radius 1 is 1.21 bits per heavy atom. The fraction of sp³-hybridized carbons (Fsp3) is 0.294. The van der Waals surface area contributed by atoms with Gasteiger partial charge in [-0.2, -0.15) is 4.73 Å². The Morgan fingerprint density at radius 2 is 1.96 bits per heavy atom. The van der Waals surface area contributed by atoms with E-state index in [0.717, 1.165) is 42.4 Å². The summed E-state index contributed by atoms with van der Waals surface area (Å²) in [5, 5.41) is 14.9. The van der Waals surface area contributed by atoms with Crippen molar-refractivity contribution in [1.29, 1.82) is 0 Å². The first-order valence-electron chi connectivity index (χ1n) is 7.76. The van der Waals surface area contributed by atoms with Gasteiger partial charge >= 0.3 is 0 Å². The van der Waals surface area contributed by atoms with Gasteiger partial charge in [0.15, 0.2) is 6.20 Å². The summed E-state index contributed by atoms with van der Waals surface area (Å²) in [5.41, 5.74) is 1.88. The monoisotopic (exact) mass is 345 g/mol. The van der Waals surface area contributed by atoms with Crippen LogP contribution in [-0.4, -0.2) is 38.0 Å². The predicted molar refractivity (Wildman–Crippen MR) is 94.2 cm³/mol. The Bertz CT molecular complexity index is 688. The third kappa shape index (κ3) is 4.39. The van der Waals surface area contributed by atoms with Gasteiger partial charge in [-0.15, -0.1) is 0 Å². The van der Waals surface area contributed by atoms with Crippen LogP contribution in [-0.2, 0) is 9.53 Å². The van der Waals surface area contributed by atoms with E-state index in [1.807, 2.05) is 24.3 Å². The van der Waals surface area contributed by atoms with Crippen LogP contribution in [0.25, 0.3) is 0 Å². The summed E-state index contributed by atoms with van der Waals surface area (Å²) in [6.45, 7) is 3.26. The van der Waals surface area contributed by atoms with Crippen LogP contribution in [0.3, 0.4) is 0 Å². The zero-order valence-electron chi connectivity index (χ0n) is 13.2. The van der Waals surface area contributed by atoms with Gasteiger partial charge in [0.2, 0.25) is 5.91 Å². The zero-order valence-corrected chi connectivity index (χ0v) is 14.0. The largest absolute Gasteiger partial charge is 0.618 e. The van der Waals surface area contributed by atoms with Gasteiger partial charge in [-0.1, -0.05) is 0 Å². The third-order valence-corrected chi connectivity index (χ3v) is 4.69. The van der Waals surface area contributed by atoms with Gasteiger partial charge in [-0.05, 0) is 42.1 Å². The Balaban J connectivity index is 1.52. The summed E-state index contributed by atoms with van der Waals surface area (Å²) in [4.78, 5) is 14.3. The maximum absolute atomic E-state index is 12.0. The summed E-state index contributed by atoms with van der Waals surface area (Å²) in [5.74, 6) is 0.0558. The standard InChI is InChI=1S/C17H19N3O3S/c21-16(13-24-17-3-1-2-8-20(17)22)18-14-4-6-15(7-5-14)19-9-11-23-12-10-19/h1-8H,9-13H2,(H,18,21). The van der Waals surface area contributed by atoms with Crippen molar-refractivity contribution >= 4 is 29.0 Å². The average Bonchev–Trinajstić information content (AvgIpc) is 2.62. The molecule has 3 rings (SSSR count). The number of morpholine rings is 1. The number of amides is 1. The first-order chi connectivity index (χ1) is 11.7. The molecule has 1 fully saturated rings. The molecule has 126 valence electrons. The van der Waals surface area contributed by atoms with Crippen LogP contribution in [0.4, 0.5) is 11.4 Å². The summed E-state index contributed by atoms with van der Waals surface area (Å²) in [7, 11) is 0. The van der Waals surface area contributed by atoms with Crippen molar-refractivity contribution in [3.05, 3.63) is 53.9 Å². The SMILES string of the molecule is O=C(CSc1cccc[n+]1[O-])Nc1ccc(N2CCOCC2)cc1. The van der Waals surface area contributed by atoms with Crippen molar-refractivity contribution in [2.45, 2.75) is 5.03 Å². The minimum atomic E-state index is -0.136. The van der Waals surface area contributed by atoms with Crippen LogP contribution in [0.1, 0.15) is 0 Å². The number of anilines is 2. The molecule has 0 radical (unpaired) electrons. The van der Waals surface area contributed by atoms with Gasteiger partial charge in [0, 0.05) is 36.6 Å². The molecular formula is C17H19N3O3S. The summed E-state index contributed by atoms with van der Waals surface area (Å²) in [6.07, 6.45) is 1.42. The van der Waals surface area contributed by atoms with E-state index in [9.17, 15) is 10.0 Å². The van der Waals surface area contributed by atoms with Crippen molar-refractivity contribution in [1.82, 2.24) is 0 Å². The topological polar surface area (TPSA) is 68.5 Å². The van der Waals surface area contributed by atoms with Crippen LogP contribution in [0.2, 0.25) is 0 Å². The maximum atomic E-state index is 12.0. The molecule has 1 aromatic heterocycles. The van der Waals surface area contributed by atoms with E-state index < -0.39 is 0 Å². The van der Waals surface area contributed by atoms with E-state index in [-0.39, 0.29) is 11.7 Å². The van der Waals surface area contributed by atoms with E-state index in [2.05, 4.69) is 10.2 Å². The zero-order chi connectivity index (χ0) is 16.8. The molecule has 24 heavy (non-hydrogen) atoms. The first-order valence-corrected chi connectivity index (χ1v) is 8.74. The number of ether oxygens (including phenoxy) is 1. The van der Waals surface area contributed by atoms with Gasteiger partial charge in [0.25, 0.3) is 5.03 Å². The number of nitrogens with one attached hydrogen (secondary N) is 1. The average molecular weight is 345 g/mol. The van der Waals surface area contributed by atoms with E-state index in [1.165, 1.54) is 18.0 Å². The lowest BCUT2D eigenvalue weighted by Crippen LogP contribution is -2.36. The molecule has 0 aliphatic carbocycles. The van der Waals surface area contributed by atoms with E-state index in [1.54, 1.807) is 18.2 Å². The molecule has 0 saturated carbocycles. The van der Waals surface area contributed by atoms with Crippen LogP contribution in [0.5, 0.6) is 0 Å². The Labute approximate surface area is 145 Å². The number of hydrogen-bond acceptors (Lipinski definition) is 5. The van der Waals surface area contributed by atoms with Crippen molar-refractivity contribution in [2.24, 2.45) is 0 Å². The molecule has 2 heterocycles. The Kier molecular flexibility index (Phi) is 5.55. The summed E-state index contributed by atoms with van der Waals surface area (Å²) >= 11 is 1.22. The minimum Gasteiger partial charge on any atom is -0.618 e. The summed E-state index contributed by atoms with van der Waals surface area (Å²) < 4.78 is 6.10. The number of thioether (sulfide) groups is 1. The lowest BCUT2D eigenvalue weighted by molar-refractivity contribution is -0.645. The molecule has 1 aromatic carbocycles. The van der Waals surface area contributed by atoms with E-state index in [0.29, 0.717) is 5.03 Å². The van der Waals surface area contributed by atoms with Crippen molar-refractivity contribution in [2.75, 3.05) is 42.3 Å². The molecule has 1 N–H and O–H groups in total. The number of carbonyl (C=O) groups is 1. The molecule has 1 aliphatic rings. The van der Waals surface area contributed by atoms with Crippen LogP contribution in [0, 0.1) is 5.21 Å². The number of pyridine rings is 1. The lowest BCUT2D eigenvalue weighted by atomic mass is 10.2. The van der Waals surface area contributed by atoms with Crippen molar-refractivity contribution < 1.29 is 14.3 Å². The molecule has 0 atom stereocenters. The molecule has 6 nitrogen and oxygen atoms in total. The highest BCUT2D eigenvalue weighted by atomic mass is 32.2. The number of nitrogens with zero attached hydrogens (tertiary/aromatic N) is 2. The van der Waals surface area contributed by atoms with Gasteiger partial charge in [0.05, 0.1) is 19.0 Å². The Hall–Kier alpha value is -2.25. The molecule has 0 unspecified atom stereocenters. The molecule has 0 bridgehead atoms. The summed E-state index contributed by atoms with van der Waals surface area (Å²) in [6, 6.07) is 12.9. The number of benzene rings is 1. The second-order valence-electron chi connectivity index (χ2n) is 5.35. The lowest BCUT2D eigenvalue weighted by Gasteiger charge is -2.28. The van der Waals surface area contributed by atoms with Crippen LogP contribution >= 0.6 is 11.8 Å². The molecule has 1 aliphatic heterocycles. The maximum Gasteiger partial charge on any atom is 0.251 e. The molecule has 2 aromatic rings. The Morgan fingerprint density at radius 3 is 2.67 bits per heavy atom. The molecule has 1 amide bonds. The molecule has 1 saturated heterocycles. The normalized spacial score (nSPS) is 14.4. The van der Waals surface area contributed by atoms with Crippen LogP contribution in [0.15, 0.2) is 53.7 Å². The van der Waals surface area contributed by atoms with Crippen molar-refractivity contribution in [3.8, 4) is 0 Å². The van der Waals surface area contributed by atoms with Crippen LogP contribution < -0.4 is 14.9 Å². The predicted octanol–water partition coefficient (Wildman–Crippen LogP) is 1.89. The van der Waals surface area contributed by atoms with Gasteiger partial charge in [-0.3, -0.25) is 4.79 Å². The quantitative estimate of drug-likeness (QED) is 0.509. The van der Waals surface area contributed by atoms with Gasteiger partial charge in [-0.25, -0.2) is 0 Å². The fourth-order valence-electron chi connectivity index (χ4n) is 2.44. The molecular weight excluding hydrogens is 326 g/mol. The fourth-order valence-corrected chi connectivity index (χ4v) is 3.15.